The first kappa shape index (κ1) is 14.9. The van der Waals surface area contributed by atoms with Gasteiger partial charge in [-0.3, -0.25) is 9.69 Å². The van der Waals surface area contributed by atoms with Crippen molar-refractivity contribution in [2.45, 2.75) is 70.1 Å². The van der Waals surface area contributed by atoms with Crippen LogP contribution >= 0.6 is 0 Å². The van der Waals surface area contributed by atoms with Gasteiger partial charge in [-0.25, -0.2) is 0 Å². The number of hydrogen-bond acceptors (Lipinski definition) is 4. The minimum absolute atomic E-state index is 0.193. The number of carbonyl (C=O) groups is 1. The van der Waals surface area contributed by atoms with Gasteiger partial charge in [0, 0.05) is 18.4 Å². The van der Waals surface area contributed by atoms with Gasteiger partial charge in [0.25, 0.3) is 0 Å². The summed E-state index contributed by atoms with van der Waals surface area (Å²) in [5.41, 5.74) is 0.193. The molecule has 2 aliphatic carbocycles. The fourth-order valence-electron chi connectivity index (χ4n) is 6.71. The van der Waals surface area contributed by atoms with Crippen molar-refractivity contribution in [2.24, 2.45) is 23.7 Å². The average Bonchev–Trinajstić information content (AvgIpc) is 2.47. The maximum absolute atomic E-state index is 11.6. The lowest BCUT2D eigenvalue weighted by molar-refractivity contribution is -0.242. The van der Waals surface area contributed by atoms with Crippen LogP contribution in [0.3, 0.4) is 0 Å². The monoisotopic (exact) mass is 307 g/mol. The van der Waals surface area contributed by atoms with E-state index in [-0.39, 0.29) is 17.6 Å². The van der Waals surface area contributed by atoms with Gasteiger partial charge in [0.2, 0.25) is 0 Å². The van der Waals surface area contributed by atoms with Gasteiger partial charge in [-0.2, -0.15) is 0 Å². The van der Waals surface area contributed by atoms with Crippen LogP contribution in [0.4, 0.5) is 0 Å². The third-order valence-electron chi connectivity index (χ3n) is 7.10. The van der Waals surface area contributed by atoms with Crippen LogP contribution in [0, 0.1) is 23.7 Å². The minimum Gasteiger partial charge on any atom is -0.459 e. The summed E-state index contributed by atoms with van der Waals surface area (Å²) in [6.07, 6.45) is 6.34. The van der Waals surface area contributed by atoms with E-state index in [2.05, 4.69) is 11.8 Å². The predicted octanol–water partition coefficient (Wildman–Crippen LogP) is 2.20. The van der Waals surface area contributed by atoms with E-state index in [0.29, 0.717) is 23.7 Å². The molecule has 2 heterocycles. The number of esters is 1. The SMILES string of the molecule is CC(=O)O[C@@H]1[C@@H](O)[C@@H]2C[C@H](C)C[C@]34[C@@H]2CCCN3CCC[C@H]14. The quantitative estimate of drug-likeness (QED) is 0.755. The third-order valence-corrected chi connectivity index (χ3v) is 7.10. The molecule has 0 unspecified atom stereocenters. The summed E-state index contributed by atoms with van der Waals surface area (Å²) in [5, 5.41) is 11.0. The molecule has 22 heavy (non-hydrogen) atoms. The molecule has 2 saturated carbocycles. The Morgan fingerprint density at radius 2 is 1.91 bits per heavy atom. The summed E-state index contributed by atoms with van der Waals surface area (Å²) in [6.45, 7) is 6.20. The highest BCUT2D eigenvalue weighted by atomic mass is 16.6. The number of nitrogens with zero attached hydrogens (tertiary/aromatic N) is 1. The van der Waals surface area contributed by atoms with Gasteiger partial charge >= 0.3 is 5.97 Å². The fourth-order valence-corrected chi connectivity index (χ4v) is 6.71. The van der Waals surface area contributed by atoms with Crippen LogP contribution in [0.15, 0.2) is 0 Å². The van der Waals surface area contributed by atoms with Crippen molar-refractivity contribution in [1.29, 1.82) is 0 Å². The van der Waals surface area contributed by atoms with Gasteiger partial charge < -0.3 is 9.84 Å². The highest BCUT2D eigenvalue weighted by Crippen LogP contribution is 2.60. The molecule has 4 rings (SSSR count). The lowest BCUT2D eigenvalue weighted by Gasteiger charge is -2.68. The maximum atomic E-state index is 11.6. The first-order valence-corrected chi connectivity index (χ1v) is 9.14. The van der Waals surface area contributed by atoms with E-state index >= 15 is 0 Å². The van der Waals surface area contributed by atoms with Crippen molar-refractivity contribution < 1.29 is 14.6 Å². The van der Waals surface area contributed by atoms with Gasteiger partial charge in [0.15, 0.2) is 0 Å². The Morgan fingerprint density at radius 3 is 2.59 bits per heavy atom. The molecule has 0 aromatic rings. The average molecular weight is 307 g/mol. The maximum Gasteiger partial charge on any atom is 0.303 e. The smallest absolute Gasteiger partial charge is 0.303 e. The molecule has 0 radical (unpaired) electrons. The van der Waals surface area contributed by atoms with Crippen molar-refractivity contribution in [1.82, 2.24) is 4.90 Å². The molecule has 0 aromatic carbocycles. The number of hydrogen-bond donors (Lipinski definition) is 1. The number of piperidine rings is 2. The molecular formula is C18H29NO3. The second kappa shape index (κ2) is 5.20. The Balaban J connectivity index is 1.78. The summed E-state index contributed by atoms with van der Waals surface area (Å²) >= 11 is 0. The summed E-state index contributed by atoms with van der Waals surface area (Å²) in [6, 6.07) is 0. The largest absolute Gasteiger partial charge is 0.459 e. The highest BCUT2D eigenvalue weighted by Gasteiger charge is 2.65. The molecule has 4 aliphatic rings. The van der Waals surface area contributed by atoms with E-state index < -0.39 is 6.10 Å². The van der Waals surface area contributed by atoms with Crippen molar-refractivity contribution in [3.05, 3.63) is 0 Å². The Morgan fingerprint density at radius 1 is 1.23 bits per heavy atom. The minimum atomic E-state index is -0.465. The van der Waals surface area contributed by atoms with Gasteiger partial charge in [0.05, 0.1) is 6.10 Å². The van der Waals surface area contributed by atoms with E-state index in [0.717, 1.165) is 12.8 Å². The molecule has 124 valence electrons. The molecule has 4 nitrogen and oxygen atoms in total. The van der Waals surface area contributed by atoms with Crippen LogP contribution in [0.2, 0.25) is 0 Å². The van der Waals surface area contributed by atoms with E-state index in [4.69, 9.17) is 4.74 Å². The lowest BCUT2D eigenvalue weighted by Crippen LogP contribution is -2.75. The van der Waals surface area contributed by atoms with Crippen LogP contribution < -0.4 is 0 Å². The molecule has 2 saturated heterocycles. The van der Waals surface area contributed by atoms with Gasteiger partial charge in [-0.15, -0.1) is 0 Å². The first-order chi connectivity index (χ1) is 10.5. The molecule has 4 fully saturated rings. The summed E-state index contributed by atoms with van der Waals surface area (Å²) in [5.74, 6) is 1.66. The number of rotatable bonds is 1. The Hall–Kier alpha value is -0.610. The van der Waals surface area contributed by atoms with E-state index in [9.17, 15) is 9.90 Å². The van der Waals surface area contributed by atoms with E-state index in [1.165, 1.54) is 45.7 Å². The Bertz CT molecular complexity index is 465. The molecule has 4 heteroatoms. The topological polar surface area (TPSA) is 49.8 Å². The second-order valence-electron chi connectivity index (χ2n) is 8.25. The van der Waals surface area contributed by atoms with E-state index in [1.807, 2.05) is 0 Å². The molecule has 1 spiro atoms. The zero-order valence-corrected chi connectivity index (χ0v) is 13.8. The van der Waals surface area contributed by atoms with Crippen molar-refractivity contribution in [3.8, 4) is 0 Å². The second-order valence-corrected chi connectivity index (χ2v) is 8.25. The van der Waals surface area contributed by atoms with Gasteiger partial charge in [0.1, 0.15) is 6.10 Å². The zero-order valence-electron chi connectivity index (χ0n) is 13.8. The fraction of sp³-hybridized carbons (Fsp3) is 0.944. The Labute approximate surface area is 133 Å². The number of ether oxygens (including phenoxy) is 1. The van der Waals surface area contributed by atoms with Gasteiger partial charge in [-0.05, 0) is 69.4 Å². The van der Waals surface area contributed by atoms with Crippen LogP contribution in [0.25, 0.3) is 0 Å². The predicted molar refractivity (Wildman–Crippen MR) is 83.2 cm³/mol. The van der Waals surface area contributed by atoms with Gasteiger partial charge in [-0.1, -0.05) is 6.92 Å². The van der Waals surface area contributed by atoms with Crippen LogP contribution in [-0.2, 0) is 9.53 Å². The number of carbonyl (C=O) groups excluding carboxylic acids is 1. The molecule has 0 amide bonds. The molecule has 2 aliphatic heterocycles. The van der Waals surface area contributed by atoms with Crippen LogP contribution in [0.1, 0.15) is 52.4 Å². The highest BCUT2D eigenvalue weighted by molar-refractivity contribution is 5.66. The summed E-state index contributed by atoms with van der Waals surface area (Å²) in [4.78, 5) is 14.3. The summed E-state index contributed by atoms with van der Waals surface area (Å²) < 4.78 is 5.69. The third kappa shape index (κ3) is 1.92. The van der Waals surface area contributed by atoms with Crippen LogP contribution in [-0.4, -0.2) is 46.8 Å². The number of aliphatic hydroxyl groups excluding tert-OH is 1. The lowest BCUT2D eigenvalue weighted by atomic mass is 9.47. The Kier molecular flexibility index (Phi) is 3.53. The first-order valence-electron chi connectivity index (χ1n) is 9.14. The molecular weight excluding hydrogens is 278 g/mol. The molecule has 2 bridgehead atoms. The molecule has 7 atom stereocenters. The standard InChI is InChI=1S/C18H29NO3/c1-11-9-13-14-5-3-7-19-8-4-6-15(18(14,19)10-11)17(16(13)21)22-12(2)20/h11,13-17,21H,3-10H2,1-2H3/t11-,13+,14+,15+,16-,17-,18+/m0/s1. The van der Waals surface area contributed by atoms with Crippen LogP contribution in [0.5, 0.6) is 0 Å². The normalized spacial score (nSPS) is 51.0. The van der Waals surface area contributed by atoms with E-state index in [1.54, 1.807) is 0 Å². The number of aliphatic hydroxyl groups is 1. The van der Waals surface area contributed by atoms with Crippen molar-refractivity contribution >= 4 is 5.97 Å². The zero-order chi connectivity index (χ0) is 15.5. The van der Waals surface area contributed by atoms with Crippen molar-refractivity contribution in [3.63, 3.8) is 0 Å². The van der Waals surface area contributed by atoms with Crippen molar-refractivity contribution in [2.75, 3.05) is 13.1 Å². The summed E-state index contributed by atoms with van der Waals surface area (Å²) in [7, 11) is 0. The molecule has 0 aromatic heterocycles. The molecule has 1 N–H and O–H groups in total.